The molecule has 0 spiro atoms. The number of fused-ring (bicyclic) bond motifs is 1. The lowest BCUT2D eigenvalue weighted by molar-refractivity contribution is 0.310. The molecule has 0 aromatic carbocycles. The fourth-order valence-corrected chi connectivity index (χ4v) is 2.75. The molecule has 2 aliphatic carbocycles. The van der Waals surface area contributed by atoms with Crippen molar-refractivity contribution in [2.75, 3.05) is 6.61 Å². The van der Waals surface area contributed by atoms with Crippen LogP contribution in [0.15, 0.2) is 12.2 Å². The smallest absolute Gasteiger partial charge is 0.375 e. The van der Waals surface area contributed by atoms with Gasteiger partial charge in [0.05, 0.1) is 0 Å². The predicted molar refractivity (Wildman–Crippen MR) is 63.8 cm³/mol. The molecule has 0 amide bonds. The van der Waals surface area contributed by atoms with E-state index in [1.807, 2.05) is 0 Å². The molecule has 1 saturated carbocycles. The summed E-state index contributed by atoms with van der Waals surface area (Å²) >= 11 is 2.16. The summed E-state index contributed by atoms with van der Waals surface area (Å²) in [6.07, 6.45) is 10.1. The molecule has 0 aromatic rings. The standard InChI is InChI=1S/C10H15BIO/c12-11-13-7-10-8-5-3-1-2-4-6-9(8)10/h1,3,8-10H,2,4-7H2/b3-1+. The Bertz CT molecular complexity index is 195. The first-order valence-corrected chi connectivity index (χ1v) is 6.36. The summed E-state index contributed by atoms with van der Waals surface area (Å²) in [7, 11) is 0. The Morgan fingerprint density at radius 3 is 3.15 bits per heavy atom. The van der Waals surface area contributed by atoms with E-state index in [2.05, 4.69) is 34.5 Å². The summed E-state index contributed by atoms with van der Waals surface area (Å²) in [4.78, 5) is 0. The van der Waals surface area contributed by atoms with Crippen LogP contribution in [-0.4, -0.2) is 11.9 Å². The molecule has 3 heteroatoms. The Kier molecular flexibility index (Phi) is 3.72. The van der Waals surface area contributed by atoms with Gasteiger partial charge in [-0.15, -0.1) is 22.4 Å². The quantitative estimate of drug-likeness (QED) is 0.441. The van der Waals surface area contributed by atoms with Gasteiger partial charge < -0.3 is 4.65 Å². The first kappa shape index (κ1) is 10.0. The predicted octanol–water partition coefficient (Wildman–Crippen LogP) is 2.96. The lowest BCUT2D eigenvalue weighted by atomic mass is 10.1. The van der Waals surface area contributed by atoms with E-state index < -0.39 is 0 Å². The molecule has 3 unspecified atom stereocenters. The largest absolute Gasteiger partial charge is 0.429 e. The van der Waals surface area contributed by atoms with Gasteiger partial charge >= 0.3 is 5.34 Å². The average molecular weight is 289 g/mol. The summed E-state index contributed by atoms with van der Waals surface area (Å²) in [6, 6.07) is 0. The first-order valence-electron chi connectivity index (χ1n) is 5.12. The van der Waals surface area contributed by atoms with Crippen molar-refractivity contribution >= 4 is 27.7 Å². The van der Waals surface area contributed by atoms with Crippen molar-refractivity contribution in [1.29, 1.82) is 0 Å². The highest BCUT2D eigenvalue weighted by Gasteiger charge is 2.48. The number of allylic oxidation sites excluding steroid dienone is 2. The first-order chi connectivity index (χ1) is 6.43. The molecule has 0 N–H and O–H groups in total. The van der Waals surface area contributed by atoms with E-state index in [0.29, 0.717) is 0 Å². The Morgan fingerprint density at radius 2 is 2.31 bits per heavy atom. The third-order valence-corrected chi connectivity index (χ3v) is 3.70. The van der Waals surface area contributed by atoms with Crippen molar-refractivity contribution in [2.24, 2.45) is 17.8 Å². The maximum absolute atomic E-state index is 5.37. The fraction of sp³-hybridized carbons (Fsp3) is 0.800. The minimum absolute atomic E-state index is 0.855. The molecule has 0 saturated heterocycles. The molecule has 1 nitrogen and oxygen atoms in total. The third-order valence-electron chi connectivity index (χ3n) is 3.34. The van der Waals surface area contributed by atoms with Crippen LogP contribution in [0.2, 0.25) is 0 Å². The van der Waals surface area contributed by atoms with Crippen LogP contribution in [0.25, 0.3) is 0 Å². The maximum atomic E-state index is 5.37. The van der Waals surface area contributed by atoms with Gasteiger partial charge in [0.1, 0.15) is 0 Å². The molecule has 0 heterocycles. The second-order valence-electron chi connectivity index (χ2n) is 4.05. The normalized spacial score (nSPS) is 39.9. The lowest BCUT2D eigenvalue weighted by Crippen LogP contribution is -1.98. The van der Waals surface area contributed by atoms with E-state index in [9.17, 15) is 0 Å². The number of hydrogen-bond acceptors (Lipinski definition) is 1. The Morgan fingerprint density at radius 1 is 1.38 bits per heavy atom. The van der Waals surface area contributed by atoms with Crippen LogP contribution in [0.5, 0.6) is 0 Å². The van der Waals surface area contributed by atoms with E-state index >= 15 is 0 Å². The topological polar surface area (TPSA) is 9.23 Å². The number of hydrogen-bond donors (Lipinski definition) is 0. The van der Waals surface area contributed by atoms with Crippen molar-refractivity contribution in [3.05, 3.63) is 12.2 Å². The lowest BCUT2D eigenvalue weighted by Gasteiger charge is -1.99. The molecule has 1 radical (unpaired) electrons. The van der Waals surface area contributed by atoms with Gasteiger partial charge in [-0.25, -0.2) is 0 Å². The van der Waals surface area contributed by atoms with Gasteiger partial charge in [0, 0.05) is 6.61 Å². The molecule has 0 aliphatic heterocycles. The highest BCUT2D eigenvalue weighted by atomic mass is 127. The van der Waals surface area contributed by atoms with Gasteiger partial charge in [0.15, 0.2) is 0 Å². The highest BCUT2D eigenvalue weighted by molar-refractivity contribution is 14.1. The summed E-state index contributed by atoms with van der Waals surface area (Å²) in [5, 5.41) is 1.79. The second-order valence-corrected chi connectivity index (χ2v) is 4.56. The van der Waals surface area contributed by atoms with E-state index in [1.165, 1.54) is 25.7 Å². The summed E-state index contributed by atoms with van der Waals surface area (Å²) in [6.45, 7) is 0.951. The zero-order valence-corrected chi connectivity index (χ0v) is 9.94. The minimum atomic E-state index is 0.855. The van der Waals surface area contributed by atoms with Crippen LogP contribution in [0, 0.1) is 17.8 Å². The van der Waals surface area contributed by atoms with Crippen LogP contribution in [-0.2, 0) is 4.65 Å². The van der Waals surface area contributed by atoms with Crippen LogP contribution < -0.4 is 0 Å². The summed E-state index contributed by atoms with van der Waals surface area (Å²) < 4.78 is 5.37. The Labute approximate surface area is 94.5 Å². The molecule has 13 heavy (non-hydrogen) atoms. The van der Waals surface area contributed by atoms with Crippen LogP contribution in [0.3, 0.4) is 0 Å². The van der Waals surface area contributed by atoms with Gasteiger partial charge in [0.25, 0.3) is 0 Å². The number of rotatable bonds is 3. The Hall–Kier alpha value is 0.495. The fourth-order valence-electron chi connectivity index (χ4n) is 2.54. The molecule has 71 valence electrons. The van der Waals surface area contributed by atoms with Gasteiger partial charge in [0.2, 0.25) is 0 Å². The zero-order chi connectivity index (χ0) is 9.10. The molecule has 1 fully saturated rings. The van der Waals surface area contributed by atoms with Crippen LogP contribution in [0.4, 0.5) is 0 Å². The molecule has 0 aromatic heterocycles. The maximum Gasteiger partial charge on any atom is 0.375 e. The van der Waals surface area contributed by atoms with E-state index in [4.69, 9.17) is 4.65 Å². The number of halogens is 1. The minimum Gasteiger partial charge on any atom is -0.429 e. The SMILES string of the molecule is I[B]OCC1C2C/C=C/CCCC21. The third kappa shape index (κ3) is 2.49. The van der Waals surface area contributed by atoms with E-state index in [-0.39, 0.29) is 0 Å². The van der Waals surface area contributed by atoms with Gasteiger partial charge in [-0.1, -0.05) is 12.2 Å². The van der Waals surface area contributed by atoms with Crippen LogP contribution in [0.1, 0.15) is 25.7 Å². The monoisotopic (exact) mass is 289 g/mol. The van der Waals surface area contributed by atoms with Gasteiger partial charge in [-0.2, -0.15) is 0 Å². The van der Waals surface area contributed by atoms with Gasteiger partial charge in [-0.05, 0) is 43.4 Å². The highest BCUT2D eigenvalue weighted by Crippen LogP contribution is 2.52. The van der Waals surface area contributed by atoms with E-state index in [1.54, 1.807) is 5.34 Å². The van der Waals surface area contributed by atoms with Gasteiger partial charge in [-0.3, -0.25) is 0 Å². The zero-order valence-electron chi connectivity index (χ0n) is 7.79. The summed E-state index contributed by atoms with van der Waals surface area (Å²) in [5.74, 6) is 2.77. The summed E-state index contributed by atoms with van der Waals surface area (Å²) in [5.41, 5.74) is 0. The van der Waals surface area contributed by atoms with Crippen molar-refractivity contribution in [2.45, 2.75) is 25.7 Å². The van der Waals surface area contributed by atoms with Crippen molar-refractivity contribution < 1.29 is 4.65 Å². The second kappa shape index (κ2) is 4.83. The molecule has 0 bridgehead atoms. The van der Waals surface area contributed by atoms with Crippen molar-refractivity contribution in [1.82, 2.24) is 0 Å². The molecule has 3 atom stereocenters. The van der Waals surface area contributed by atoms with Crippen molar-refractivity contribution in [3.8, 4) is 0 Å². The molecular formula is C10H15BIO. The van der Waals surface area contributed by atoms with E-state index in [0.717, 1.165) is 24.4 Å². The average Bonchev–Trinajstić information content (AvgIpc) is 2.72. The molecular weight excluding hydrogens is 274 g/mol. The van der Waals surface area contributed by atoms with Crippen LogP contribution >= 0.6 is 22.4 Å². The Balaban J connectivity index is 1.80. The molecule has 2 rings (SSSR count). The molecule has 2 aliphatic rings. The van der Waals surface area contributed by atoms with Crippen molar-refractivity contribution in [3.63, 3.8) is 0 Å².